The van der Waals surface area contributed by atoms with Gasteiger partial charge in [0.25, 0.3) is 0 Å². The summed E-state index contributed by atoms with van der Waals surface area (Å²) in [6, 6.07) is 10.1. The van der Waals surface area contributed by atoms with Gasteiger partial charge in [0.05, 0.1) is 0 Å². The number of carbonyl (C=O) groups is 1. The van der Waals surface area contributed by atoms with Crippen LogP contribution in [0.15, 0.2) is 30.3 Å². The van der Waals surface area contributed by atoms with Crippen LogP contribution in [-0.2, 0) is 11.3 Å². The molecule has 0 bridgehead atoms. The molecule has 4 nitrogen and oxygen atoms in total. The summed E-state index contributed by atoms with van der Waals surface area (Å²) in [6.07, 6.45) is 4.16. The van der Waals surface area contributed by atoms with Crippen molar-refractivity contribution >= 4 is 18.5 Å². The van der Waals surface area contributed by atoms with Crippen LogP contribution in [-0.4, -0.2) is 30.1 Å². The van der Waals surface area contributed by atoms with Crippen molar-refractivity contribution in [1.29, 1.82) is 0 Å². The van der Waals surface area contributed by atoms with Gasteiger partial charge in [-0.25, -0.2) is 4.79 Å². The first-order chi connectivity index (χ1) is 10.6. The van der Waals surface area contributed by atoms with E-state index in [1.807, 2.05) is 35.2 Å². The van der Waals surface area contributed by atoms with Crippen LogP contribution in [0.3, 0.4) is 0 Å². The fourth-order valence-corrected chi connectivity index (χ4v) is 4.13. The lowest BCUT2D eigenvalue weighted by Crippen LogP contribution is -2.48. The summed E-state index contributed by atoms with van der Waals surface area (Å²) in [5, 5.41) is 0. The Bertz CT molecular complexity index is 515. The third-order valence-corrected chi connectivity index (χ3v) is 5.42. The van der Waals surface area contributed by atoms with Gasteiger partial charge in [0, 0.05) is 19.1 Å². The number of piperidine rings is 1. The van der Waals surface area contributed by atoms with E-state index in [4.69, 9.17) is 10.5 Å². The Morgan fingerprint density at radius 1 is 1.30 bits per heavy atom. The highest BCUT2D eigenvalue weighted by Crippen LogP contribution is 2.47. The third kappa shape index (κ3) is 3.99. The first-order valence-corrected chi connectivity index (χ1v) is 8.30. The zero-order chi connectivity index (χ0) is 15.6. The van der Waals surface area contributed by atoms with E-state index in [-0.39, 0.29) is 23.9 Å². The Hall–Kier alpha value is -1.26. The molecule has 0 unspecified atom stereocenters. The predicted molar refractivity (Wildman–Crippen MR) is 93.5 cm³/mol. The number of hydrogen-bond donors (Lipinski definition) is 1. The predicted octanol–water partition coefficient (Wildman–Crippen LogP) is 3.58. The van der Waals surface area contributed by atoms with Crippen molar-refractivity contribution in [3.8, 4) is 0 Å². The first-order valence-electron chi connectivity index (χ1n) is 8.30. The fraction of sp³-hybridized carbons (Fsp3) is 0.611. The van der Waals surface area contributed by atoms with Crippen LogP contribution in [0.2, 0.25) is 0 Å². The number of amides is 1. The molecule has 2 fully saturated rings. The highest BCUT2D eigenvalue weighted by molar-refractivity contribution is 5.85. The summed E-state index contributed by atoms with van der Waals surface area (Å²) in [5.41, 5.74) is 7.64. The van der Waals surface area contributed by atoms with E-state index in [2.05, 4.69) is 6.92 Å². The van der Waals surface area contributed by atoms with Crippen LogP contribution in [0, 0.1) is 11.3 Å². The average Bonchev–Trinajstić information content (AvgIpc) is 2.80. The van der Waals surface area contributed by atoms with Crippen LogP contribution in [0.5, 0.6) is 0 Å². The van der Waals surface area contributed by atoms with Gasteiger partial charge >= 0.3 is 6.09 Å². The van der Waals surface area contributed by atoms with E-state index >= 15 is 0 Å². The lowest BCUT2D eigenvalue weighted by molar-refractivity contribution is 0.0570. The molecular formula is C18H27ClN2O2. The maximum Gasteiger partial charge on any atom is 0.410 e. The van der Waals surface area contributed by atoms with Gasteiger partial charge in [-0.15, -0.1) is 12.4 Å². The Balaban J connectivity index is 0.00000192. The molecule has 1 aromatic rings. The van der Waals surface area contributed by atoms with E-state index in [9.17, 15) is 4.79 Å². The largest absolute Gasteiger partial charge is 0.445 e. The maximum absolute atomic E-state index is 12.2. The van der Waals surface area contributed by atoms with Crippen LogP contribution in [0.25, 0.3) is 0 Å². The molecule has 1 saturated heterocycles. The van der Waals surface area contributed by atoms with Crippen molar-refractivity contribution in [3.63, 3.8) is 0 Å². The third-order valence-electron chi connectivity index (χ3n) is 5.42. The smallest absolute Gasteiger partial charge is 0.410 e. The van der Waals surface area contributed by atoms with Crippen molar-refractivity contribution in [2.45, 2.75) is 45.3 Å². The second-order valence-electron chi connectivity index (χ2n) is 7.04. The number of rotatable bonds is 2. The zero-order valence-electron chi connectivity index (χ0n) is 13.7. The molecule has 1 heterocycles. The second-order valence-corrected chi connectivity index (χ2v) is 7.04. The van der Waals surface area contributed by atoms with Crippen molar-refractivity contribution in [1.82, 2.24) is 4.90 Å². The van der Waals surface area contributed by atoms with Gasteiger partial charge < -0.3 is 15.4 Å². The lowest BCUT2D eigenvalue weighted by atomic mass is 9.74. The number of ether oxygens (including phenoxy) is 1. The summed E-state index contributed by atoms with van der Waals surface area (Å²) >= 11 is 0. The fourth-order valence-electron chi connectivity index (χ4n) is 4.13. The highest BCUT2D eigenvalue weighted by atomic mass is 35.5. The number of nitrogens with two attached hydrogens (primary N) is 1. The van der Waals surface area contributed by atoms with Gasteiger partial charge in [0.1, 0.15) is 6.61 Å². The summed E-state index contributed by atoms with van der Waals surface area (Å²) in [5.74, 6) is 0.714. The van der Waals surface area contributed by atoms with Crippen LogP contribution in [0.4, 0.5) is 4.79 Å². The number of likely N-dealkylation sites (tertiary alicyclic amines) is 1. The van der Waals surface area contributed by atoms with E-state index in [1.165, 1.54) is 6.42 Å². The van der Waals surface area contributed by atoms with E-state index < -0.39 is 0 Å². The molecule has 5 heteroatoms. The zero-order valence-corrected chi connectivity index (χ0v) is 14.6. The van der Waals surface area contributed by atoms with Gasteiger partial charge in [-0.05, 0) is 42.6 Å². The Kier molecular flexibility index (Phi) is 5.93. The molecule has 2 N–H and O–H groups in total. The summed E-state index contributed by atoms with van der Waals surface area (Å²) in [6.45, 7) is 4.18. The van der Waals surface area contributed by atoms with Gasteiger partial charge in [0.2, 0.25) is 0 Å². The summed E-state index contributed by atoms with van der Waals surface area (Å²) in [7, 11) is 0. The summed E-state index contributed by atoms with van der Waals surface area (Å²) < 4.78 is 5.42. The van der Waals surface area contributed by atoms with Crippen molar-refractivity contribution in [2.75, 3.05) is 13.1 Å². The molecule has 1 amide bonds. The molecule has 1 aliphatic heterocycles. The Morgan fingerprint density at radius 2 is 1.96 bits per heavy atom. The first kappa shape index (κ1) is 18.1. The van der Waals surface area contributed by atoms with Crippen LogP contribution >= 0.6 is 12.4 Å². The molecule has 1 aromatic carbocycles. The lowest BCUT2D eigenvalue weighted by Gasteiger charge is -2.41. The van der Waals surface area contributed by atoms with Gasteiger partial charge in [0.15, 0.2) is 0 Å². The number of halogens is 1. The molecule has 0 aromatic heterocycles. The van der Waals surface area contributed by atoms with Gasteiger partial charge in [-0.2, -0.15) is 0 Å². The molecule has 2 atom stereocenters. The molecule has 1 saturated carbocycles. The topological polar surface area (TPSA) is 55.6 Å². The van der Waals surface area contributed by atoms with Crippen LogP contribution in [0.1, 0.15) is 38.2 Å². The molecule has 1 aliphatic carbocycles. The van der Waals surface area contributed by atoms with E-state index in [1.54, 1.807) is 0 Å². The van der Waals surface area contributed by atoms with Crippen molar-refractivity contribution < 1.29 is 9.53 Å². The van der Waals surface area contributed by atoms with Crippen molar-refractivity contribution in [3.05, 3.63) is 35.9 Å². The molecule has 2 aliphatic rings. The number of hydrogen-bond acceptors (Lipinski definition) is 3. The van der Waals surface area contributed by atoms with Gasteiger partial charge in [-0.3, -0.25) is 0 Å². The molecule has 128 valence electrons. The van der Waals surface area contributed by atoms with Gasteiger partial charge in [-0.1, -0.05) is 37.3 Å². The average molecular weight is 339 g/mol. The number of benzene rings is 1. The molecular weight excluding hydrogens is 312 g/mol. The SMILES string of the molecule is C[C@@H]1C[C@@H](N)C2(CCN(C(=O)OCc3ccccc3)CC2)C1.Cl. The maximum atomic E-state index is 12.2. The second kappa shape index (κ2) is 7.54. The summed E-state index contributed by atoms with van der Waals surface area (Å²) in [4.78, 5) is 14.0. The molecule has 1 spiro atoms. The number of carbonyl (C=O) groups excluding carboxylic acids is 1. The van der Waals surface area contributed by atoms with E-state index in [0.29, 0.717) is 18.6 Å². The minimum absolute atomic E-state index is 0. The van der Waals surface area contributed by atoms with Crippen LogP contribution < -0.4 is 5.73 Å². The quantitative estimate of drug-likeness (QED) is 0.896. The van der Waals surface area contributed by atoms with E-state index in [0.717, 1.165) is 37.9 Å². The minimum atomic E-state index is -0.196. The molecule has 23 heavy (non-hydrogen) atoms. The normalized spacial score (nSPS) is 25.9. The standard InChI is InChI=1S/C18H26N2O2.ClH/c1-14-11-16(19)18(12-14)7-9-20(10-8-18)17(21)22-13-15-5-3-2-4-6-15;/h2-6,14,16H,7-13,19H2,1H3;1H/t14-,16-;/m1./s1. The minimum Gasteiger partial charge on any atom is -0.445 e. The monoisotopic (exact) mass is 338 g/mol. The Labute approximate surface area is 144 Å². The highest BCUT2D eigenvalue weighted by Gasteiger charge is 2.46. The molecule has 3 rings (SSSR count). The van der Waals surface area contributed by atoms with Crippen molar-refractivity contribution in [2.24, 2.45) is 17.1 Å². The number of nitrogens with zero attached hydrogens (tertiary/aromatic N) is 1. The Morgan fingerprint density at radius 3 is 2.52 bits per heavy atom. The molecule has 0 radical (unpaired) electrons.